The van der Waals surface area contributed by atoms with Crippen LogP contribution in [0.25, 0.3) is 0 Å². The lowest BCUT2D eigenvalue weighted by atomic mass is 10.1. The molecule has 0 spiro atoms. The molecule has 200 valence electrons. The quantitative estimate of drug-likeness (QED) is 0.201. The van der Waals surface area contributed by atoms with Crippen molar-refractivity contribution in [3.63, 3.8) is 0 Å². The summed E-state index contributed by atoms with van der Waals surface area (Å²) in [5, 5.41) is 4.21. The highest BCUT2D eigenvalue weighted by Gasteiger charge is 2.35. The second-order valence-electron chi connectivity index (χ2n) is 8.26. The summed E-state index contributed by atoms with van der Waals surface area (Å²) >= 11 is 6.93. The molecule has 0 saturated carbocycles. The number of hydrogen-bond acceptors (Lipinski definition) is 4. The normalized spacial score (nSPS) is 11.9. The van der Waals surface area contributed by atoms with E-state index in [1.165, 1.54) is 6.07 Å². The van der Waals surface area contributed by atoms with Gasteiger partial charge in [-0.2, -0.15) is 13.2 Å². The molecule has 4 rings (SSSR count). The number of ether oxygens (including phenoxy) is 1. The Bertz CT molecular complexity index is 1420. The van der Waals surface area contributed by atoms with Gasteiger partial charge in [-0.3, -0.25) is 9.59 Å². The molecule has 0 aliphatic heterocycles. The first-order valence-corrected chi connectivity index (χ1v) is 12.9. The molecule has 5 nitrogen and oxygen atoms in total. The summed E-state index contributed by atoms with van der Waals surface area (Å²) in [6.45, 7) is -0.165. The van der Waals surface area contributed by atoms with Gasteiger partial charge in [-0.1, -0.05) is 60.1 Å². The number of thioether (sulfide) groups is 1. The number of hydrogen-bond donors (Lipinski definition) is 2. The third kappa shape index (κ3) is 8.02. The Morgan fingerprint density at radius 2 is 1.49 bits per heavy atom. The van der Waals surface area contributed by atoms with Gasteiger partial charge >= 0.3 is 6.18 Å². The first kappa shape index (κ1) is 28.1. The van der Waals surface area contributed by atoms with E-state index >= 15 is 0 Å². The molecule has 2 amide bonds. The highest BCUT2D eigenvalue weighted by Crippen LogP contribution is 2.40. The van der Waals surface area contributed by atoms with Crippen molar-refractivity contribution in [3.05, 3.63) is 119 Å². The minimum Gasteiger partial charge on any atom is -0.484 e. The topological polar surface area (TPSA) is 67.4 Å². The number of carbonyl (C=O) groups is 2. The van der Waals surface area contributed by atoms with Crippen LogP contribution in [0.15, 0.2) is 108 Å². The van der Waals surface area contributed by atoms with E-state index in [2.05, 4.69) is 10.6 Å². The molecular formula is C29H22ClF3N2O3S. The average Bonchev–Trinajstić information content (AvgIpc) is 2.93. The lowest BCUT2D eigenvalue weighted by Gasteiger charge is -2.19. The number of rotatable bonds is 9. The van der Waals surface area contributed by atoms with Crippen LogP contribution in [-0.4, -0.2) is 18.4 Å². The summed E-state index contributed by atoms with van der Waals surface area (Å²) in [6.07, 6.45) is -4.70. The molecule has 0 aliphatic rings. The third-order valence-corrected chi connectivity index (χ3v) is 6.89. The molecule has 4 aromatic rings. The Morgan fingerprint density at radius 3 is 2.13 bits per heavy atom. The van der Waals surface area contributed by atoms with Crippen LogP contribution in [0.5, 0.6) is 5.75 Å². The zero-order valence-corrected chi connectivity index (χ0v) is 21.8. The van der Waals surface area contributed by atoms with E-state index in [4.69, 9.17) is 16.3 Å². The van der Waals surface area contributed by atoms with Crippen molar-refractivity contribution < 1.29 is 27.5 Å². The number of halogens is 4. The average molecular weight is 571 g/mol. The maximum absolute atomic E-state index is 13.6. The first-order valence-electron chi connectivity index (χ1n) is 11.7. The minimum atomic E-state index is -4.70. The third-order valence-electron chi connectivity index (χ3n) is 5.39. The Kier molecular flexibility index (Phi) is 9.16. The minimum absolute atomic E-state index is 0.0897. The largest absolute Gasteiger partial charge is 0.484 e. The smallest absolute Gasteiger partial charge is 0.418 e. The molecule has 0 saturated heterocycles. The monoisotopic (exact) mass is 570 g/mol. The van der Waals surface area contributed by atoms with Crippen LogP contribution in [0.3, 0.4) is 0 Å². The van der Waals surface area contributed by atoms with E-state index < -0.39 is 22.9 Å². The van der Waals surface area contributed by atoms with Gasteiger partial charge in [-0.25, -0.2) is 0 Å². The lowest BCUT2D eigenvalue weighted by molar-refractivity contribution is -0.137. The Labute approximate surface area is 232 Å². The molecule has 39 heavy (non-hydrogen) atoms. The predicted octanol–water partition coefficient (Wildman–Crippen LogP) is 7.85. The molecule has 1 unspecified atom stereocenters. The number of amides is 2. The molecular weight excluding hydrogens is 549 g/mol. The second kappa shape index (κ2) is 12.7. The van der Waals surface area contributed by atoms with Gasteiger partial charge in [0.1, 0.15) is 11.0 Å². The summed E-state index contributed by atoms with van der Waals surface area (Å²) in [5.74, 6) is -0.399. The van der Waals surface area contributed by atoms with Crippen molar-refractivity contribution in [2.24, 2.45) is 0 Å². The van der Waals surface area contributed by atoms with Crippen LogP contribution in [0, 0.1) is 0 Å². The van der Waals surface area contributed by atoms with E-state index in [0.29, 0.717) is 21.9 Å². The van der Waals surface area contributed by atoms with Crippen LogP contribution in [0.4, 0.5) is 24.5 Å². The van der Waals surface area contributed by atoms with Gasteiger partial charge in [-0.05, 0) is 60.2 Å². The molecule has 1 atom stereocenters. The molecule has 0 fully saturated rings. The van der Waals surface area contributed by atoms with E-state index in [0.717, 1.165) is 23.9 Å². The molecule has 0 bridgehead atoms. The zero-order valence-electron chi connectivity index (χ0n) is 20.2. The fraction of sp³-hybridized carbons (Fsp3) is 0.103. The number of benzene rings is 4. The van der Waals surface area contributed by atoms with E-state index in [1.54, 1.807) is 78.9 Å². The fourth-order valence-electron chi connectivity index (χ4n) is 3.57. The molecule has 0 heterocycles. The summed E-state index contributed by atoms with van der Waals surface area (Å²) < 4.78 is 46.1. The summed E-state index contributed by atoms with van der Waals surface area (Å²) in [7, 11) is 0. The van der Waals surface area contributed by atoms with Crippen molar-refractivity contribution in [1.29, 1.82) is 0 Å². The standard InChI is InChI=1S/C29H22ClF3N2O3S/c30-20-11-16-25(24(17-20)29(31,32)33)35-28(37)27(19-7-3-1-4-8-19)39-23-14-12-21(13-15-23)34-26(36)18-38-22-9-5-2-6-10-22/h1-17,27H,18H2,(H,34,36)(H,35,37). The second-order valence-corrected chi connectivity index (χ2v) is 9.87. The van der Waals surface area contributed by atoms with Gasteiger partial charge in [0.25, 0.3) is 5.91 Å². The number of anilines is 2. The van der Waals surface area contributed by atoms with Gasteiger partial charge in [-0.15, -0.1) is 11.8 Å². The van der Waals surface area contributed by atoms with Crippen LogP contribution in [0.1, 0.15) is 16.4 Å². The van der Waals surface area contributed by atoms with Crippen molar-refractivity contribution in [2.45, 2.75) is 16.3 Å². The number of alkyl halides is 3. The molecule has 10 heteroatoms. The van der Waals surface area contributed by atoms with Gasteiger partial charge in [0.15, 0.2) is 6.61 Å². The van der Waals surface area contributed by atoms with Crippen LogP contribution in [-0.2, 0) is 15.8 Å². The summed E-state index contributed by atoms with van der Waals surface area (Å²) in [6, 6.07) is 27.6. The number of nitrogens with one attached hydrogen (secondary N) is 2. The van der Waals surface area contributed by atoms with Crippen LogP contribution in [0.2, 0.25) is 5.02 Å². The Balaban J connectivity index is 1.46. The van der Waals surface area contributed by atoms with Gasteiger partial charge < -0.3 is 15.4 Å². The maximum Gasteiger partial charge on any atom is 0.418 e. The first-order chi connectivity index (χ1) is 18.7. The van der Waals surface area contributed by atoms with Crippen LogP contribution >= 0.6 is 23.4 Å². The highest BCUT2D eigenvalue weighted by atomic mass is 35.5. The highest BCUT2D eigenvalue weighted by molar-refractivity contribution is 8.00. The van der Waals surface area contributed by atoms with Crippen molar-refractivity contribution in [3.8, 4) is 5.75 Å². The fourth-order valence-corrected chi connectivity index (χ4v) is 4.77. The maximum atomic E-state index is 13.6. The Morgan fingerprint density at radius 1 is 0.846 bits per heavy atom. The SMILES string of the molecule is O=C(COc1ccccc1)Nc1ccc(SC(C(=O)Nc2ccc(Cl)cc2C(F)(F)F)c2ccccc2)cc1. The van der Waals surface area contributed by atoms with Gasteiger partial charge in [0, 0.05) is 15.6 Å². The van der Waals surface area contributed by atoms with Crippen molar-refractivity contribution in [1.82, 2.24) is 0 Å². The molecule has 4 aromatic carbocycles. The molecule has 0 aliphatic carbocycles. The number of carbonyl (C=O) groups excluding carboxylic acids is 2. The summed E-state index contributed by atoms with van der Waals surface area (Å²) in [5.41, 5.74) is -0.276. The number of para-hydroxylation sites is 1. The van der Waals surface area contributed by atoms with E-state index in [1.807, 2.05) is 6.07 Å². The van der Waals surface area contributed by atoms with Crippen LogP contribution < -0.4 is 15.4 Å². The van der Waals surface area contributed by atoms with Crippen molar-refractivity contribution >= 4 is 46.6 Å². The molecule has 2 N–H and O–H groups in total. The Hall–Kier alpha value is -3.95. The van der Waals surface area contributed by atoms with Gasteiger partial charge in [0.05, 0.1) is 11.3 Å². The van der Waals surface area contributed by atoms with Crippen molar-refractivity contribution in [2.75, 3.05) is 17.2 Å². The zero-order chi connectivity index (χ0) is 27.8. The molecule has 0 radical (unpaired) electrons. The molecule has 0 aromatic heterocycles. The van der Waals surface area contributed by atoms with Gasteiger partial charge in [0.2, 0.25) is 5.91 Å². The summed E-state index contributed by atoms with van der Waals surface area (Å²) in [4.78, 5) is 26.2. The lowest BCUT2D eigenvalue weighted by Crippen LogP contribution is -2.21. The van der Waals surface area contributed by atoms with E-state index in [9.17, 15) is 22.8 Å². The predicted molar refractivity (Wildman–Crippen MR) is 147 cm³/mol. The van der Waals surface area contributed by atoms with E-state index in [-0.39, 0.29) is 23.2 Å².